The van der Waals surface area contributed by atoms with Gasteiger partial charge in [-0.05, 0) is 19.8 Å². The Morgan fingerprint density at radius 3 is 2.06 bits per heavy atom. The summed E-state index contributed by atoms with van der Waals surface area (Å²) >= 11 is 0. The van der Waals surface area contributed by atoms with Crippen molar-refractivity contribution in [3.8, 4) is 0 Å². The molecule has 0 aromatic heterocycles. The van der Waals surface area contributed by atoms with Gasteiger partial charge in [-0.15, -0.1) is 0 Å². The first-order valence-electron chi connectivity index (χ1n) is 7.68. The van der Waals surface area contributed by atoms with Gasteiger partial charge in [-0.25, -0.2) is 0 Å². The quantitative estimate of drug-likeness (QED) is 0.769. The molecule has 0 aromatic carbocycles. The van der Waals surface area contributed by atoms with E-state index in [0.717, 1.165) is 25.7 Å². The van der Waals surface area contributed by atoms with E-state index in [0.29, 0.717) is 6.61 Å². The predicted octanol–water partition coefficient (Wildman–Crippen LogP) is 3.41. The van der Waals surface area contributed by atoms with E-state index in [2.05, 4.69) is 0 Å². The Labute approximate surface area is 111 Å². The number of rotatable bonds is 2. The lowest BCUT2D eigenvalue weighted by Gasteiger charge is -2.22. The van der Waals surface area contributed by atoms with Gasteiger partial charge < -0.3 is 10.5 Å². The second kappa shape index (κ2) is 9.37. The van der Waals surface area contributed by atoms with Crippen molar-refractivity contribution < 1.29 is 9.53 Å². The molecule has 1 aliphatic carbocycles. The van der Waals surface area contributed by atoms with Gasteiger partial charge in [0.1, 0.15) is 0 Å². The molecule has 18 heavy (non-hydrogen) atoms. The van der Waals surface area contributed by atoms with E-state index in [1.165, 1.54) is 38.5 Å². The summed E-state index contributed by atoms with van der Waals surface area (Å²) in [4.78, 5) is 11.9. The standard InChI is InChI=1S/C15H29NO2/c1-2-18-15(17)13-11-9-7-5-3-4-6-8-10-12-14(13)16/h13-14H,2-12,16H2,1H3/t13-,14+/m0/s1. The van der Waals surface area contributed by atoms with Crippen LogP contribution in [-0.2, 0) is 9.53 Å². The van der Waals surface area contributed by atoms with E-state index >= 15 is 0 Å². The number of hydrogen-bond donors (Lipinski definition) is 1. The molecular formula is C15H29NO2. The van der Waals surface area contributed by atoms with E-state index in [1.54, 1.807) is 0 Å². The van der Waals surface area contributed by atoms with E-state index in [9.17, 15) is 4.79 Å². The fourth-order valence-corrected chi connectivity index (χ4v) is 2.76. The number of carbonyl (C=O) groups excluding carboxylic acids is 1. The van der Waals surface area contributed by atoms with Gasteiger partial charge in [-0.1, -0.05) is 51.4 Å². The average molecular weight is 255 g/mol. The molecule has 0 saturated heterocycles. The zero-order valence-electron chi connectivity index (χ0n) is 11.8. The Balaban J connectivity index is 2.49. The summed E-state index contributed by atoms with van der Waals surface area (Å²) in [5.41, 5.74) is 6.19. The molecule has 0 unspecified atom stereocenters. The zero-order valence-corrected chi connectivity index (χ0v) is 11.8. The molecule has 0 radical (unpaired) electrons. The van der Waals surface area contributed by atoms with E-state index < -0.39 is 0 Å². The molecule has 0 aromatic rings. The zero-order chi connectivity index (χ0) is 13.2. The second-order valence-corrected chi connectivity index (χ2v) is 5.43. The highest BCUT2D eigenvalue weighted by Crippen LogP contribution is 2.21. The van der Waals surface area contributed by atoms with Gasteiger partial charge in [0.05, 0.1) is 12.5 Å². The normalized spacial score (nSPS) is 27.9. The Bertz CT molecular complexity index is 231. The largest absolute Gasteiger partial charge is 0.466 e. The molecule has 2 N–H and O–H groups in total. The lowest BCUT2D eigenvalue weighted by molar-refractivity contribution is -0.149. The van der Waals surface area contributed by atoms with Crippen LogP contribution in [0.15, 0.2) is 0 Å². The molecule has 1 aliphatic rings. The van der Waals surface area contributed by atoms with E-state index in [-0.39, 0.29) is 17.9 Å². The molecule has 0 aliphatic heterocycles. The van der Waals surface area contributed by atoms with Crippen LogP contribution in [0.2, 0.25) is 0 Å². The molecule has 2 atom stereocenters. The maximum atomic E-state index is 11.9. The first-order valence-corrected chi connectivity index (χ1v) is 7.68. The Hall–Kier alpha value is -0.570. The summed E-state index contributed by atoms with van der Waals surface area (Å²) in [6.07, 6.45) is 11.9. The third kappa shape index (κ3) is 5.85. The first kappa shape index (κ1) is 15.5. The van der Waals surface area contributed by atoms with Crippen molar-refractivity contribution in [1.29, 1.82) is 0 Å². The van der Waals surface area contributed by atoms with Crippen LogP contribution in [0.25, 0.3) is 0 Å². The molecule has 0 heterocycles. The first-order chi connectivity index (χ1) is 8.75. The van der Waals surface area contributed by atoms with Crippen LogP contribution < -0.4 is 5.73 Å². The molecule has 3 nitrogen and oxygen atoms in total. The molecule has 3 heteroatoms. The van der Waals surface area contributed by atoms with Crippen molar-refractivity contribution in [2.75, 3.05) is 6.61 Å². The van der Waals surface area contributed by atoms with E-state index in [1.807, 2.05) is 6.92 Å². The summed E-state index contributed by atoms with van der Waals surface area (Å²) in [6.45, 7) is 2.32. The van der Waals surface area contributed by atoms with Gasteiger partial charge in [0.25, 0.3) is 0 Å². The van der Waals surface area contributed by atoms with Crippen LogP contribution in [0.4, 0.5) is 0 Å². The molecule has 1 rings (SSSR count). The van der Waals surface area contributed by atoms with Gasteiger partial charge >= 0.3 is 5.97 Å². The van der Waals surface area contributed by atoms with Crippen molar-refractivity contribution in [1.82, 2.24) is 0 Å². The average Bonchev–Trinajstić information content (AvgIpc) is 2.34. The minimum Gasteiger partial charge on any atom is -0.466 e. The smallest absolute Gasteiger partial charge is 0.310 e. The summed E-state index contributed by atoms with van der Waals surface area (Å²) in [5.74, 6) is -0.161. The van der Waals surface area contributed by atoms with Gasteiger partial charge in [0, 0.05) is 6.04 Å². The van der Waals surface area contributed by atoms with Crippen LogP contribution >= 0.6 is 0 Å². The number of ether oxygens (including phenoxy) is 1. The Morgan fingerprint density at radius 1 is 1.00 bits per heavy atom. The lowest BCUT2D eigenvalue weighted by atomic mass is 9.89. The summed E-state index contributed by atoms with van der Waals surface area (Å²) in [7, 11) is 0. The third-order valence-electron chi connectivity index (χ3n) is 3.91. The van der Waals surface area contributed by atoms with Crippen molar-refractivity contribution in [2.24, 2.45) is 11.7 Å². The monoisotopic (exact) mass is 255 g/mol. The summed E-state index contributed by atoms with van der Waals surface area (Å²) in [5, 5.41) is 0. The summed E-state index contributed by atoms with van der Waals surface area (Å²) in [6, 6.07) is -0.0107. The minimum absolute atomic E-state index is 0.0107. The highest BCUT2D eigenvalue weighted by molar-refractivity contribution is 5.73. The topological polar surface area (TPSA) is 52.3 Å². The number of hydrogen-bond acceptors (Lipinski definition) is 3. The minimum atomic E-state index is -0.0814. The molecule has 0 amide bonds. The second-order valence-electron chi connectivity index (χ2n) is 5.43. The van der Waals surface area contributed by atoms with Crippen molar-refractivity contribution in [2.45, 2.75) is 77.2 Å². The fourth-order valence-electron chi connectivity index (χ4n) is 2.76. The molecule has 0 spiro atoms. The molecule has 0 bridgehead atoms. The van der Waals surface area contributed by atoms with Crippen LogP contribution in [-0.4, -0.2) is 18.6 Å². The van der Waals surface area contributed by atoms with Gasteiger partial charge in [0.15, 0.2) is 0 Å². The number of nitrogens with two attached hydrogens (primary N) is 1. The third-order valence-corrected chi connectivity index (χ3v) is 3.91. The lowest BCUT2D eigenvalue weighted by Crippen LogP contribution is -2.36. The van der Waals surface area contributed by atoms with Gasteiger partial charge in [-0.3, -0.25) is 4.79 Å². The van der Waals surface area contributed by atoms with E-state index in [4.69, 9.17) is 10.5 Å². The van der Waals surface area contributed by atoms with Crippen LogP contribution in [0, 0.1) is 5.92 Å². The Kier molecular flexibility index (Phi) is 8.06. The van der Waals surface area contributed by atoms with Gasteiger partial charge in [0.2, 0.25) is 0 Å². The molecule has 1 fully saturated rings. The van der Waals surface area contributed by atoms with Crippen molar-refractivity contribution >= 4 is 5.97 Å². The number of esters is 1. The van der Waals surface area contributed by atoms with Crippen molar-refractivity contribution in [3.05, 3.63) is 0 Å². The highest BCUT2D eigenvalue weighted by atomic mass is 16.5. The number of carbonyl (C=O) groups is 1. The summed E-state index contributed by atoms with van der Waals surface area (Å²) < 4.78 is 5.16. The predicted molar refractivity (Wildman–Crippen MR) is 74.3 cm³/mol. The SMILES string of the molecule is CCOC(=O)[C@H]1CCCCCCCCCC[C@H]1N. The van der Waals surface area contributed by atoms with Crippen molar-refractivity contribution in [3.63, 3.8) is 0 Å². The van der Waals surface area contributed by atoms with Crippen LogP contribution in [0.5, 0.6) is 0 Å². The van der Waals surface area contributed by atoms with Gasteiger partial charge in [-0.2, -0.15) is 0 Å². The fraction of sp³-hybridized carbons (Fsp3) is 0.933. The van der Waals surface area contributed by atoms with Crippen LogP contribution in [0.1, 0.15) is 71.1 Å². The molecule has 106 valence electrons. The van der Waals surface area contributed by atoms with Crippen LogP contribution in [0.3, 0.4) is 0 Å². The molecular weight excluding hydrogens is 226 g/mol. The Morgan fingerprint density at radius 2 is 1.50 bits per heavy atom. The highest BCUT2D eigenvalue weighted by Gasteiger charge is 2.26. The molecule has 1 saturated carbocycles. The maximum Gasteiger partial charge on any atom is 0.310 e. The maximum absolute atomic E-state index is 11.9.